The molecular weight excluding hydrogens is 614 g/mol. The van der Waals surface area contributed by atoms with Gasteiger partial charge in [0.1, 0.15) is 18.2 Å². The van der Waals surface area contributed by atoms with Crippen LogP contribution in [0.5, 0.6) is 5.75 Å². The largest absolute Gasteiger partial charge is 0.494 e. The average Bonchev–Trinajstić information content (AvgIpc) is 3.54. The van der Waals surface area contributed by atoms with E-state index in [2.05, 4.69) is 57.9 Å². The number of benzene rings is 1. The van der Waals surface area contributed by atoms with Gasteiger partial charge in [-0.2, -0.15) is 5.10 Å². The number of carbonyl (C=O) groups is 2. The van der Waals surface area contributed by atoms with Gasteiger partial charge in [-0.15, -0.1) is 10.2 Å². The third kappa shape index (κ3) is 8.15. The number of para-hydroxylation sites is 1. The Hall–Kier alpha value is -5.31. The maximum atomic E-state index is 12.7. The summed E-state index contributed by atoms with van der Waals surface area (Å²) >= 11 is 0. The summed E-state index contributed by atoms with van der Waals surface area (Å²) in [4.78, 5) is 37.9. The van der Waals surface area contributed by atoms with Gasteiger partial charge in [-0.1, -0.05) is 38.7 Å². The highest BCUT2D eigenvalue weighted by Gasteiger charge is 2.28. The molecule has 48 heavy (non-hydrogen) atoms. The summed E-state index contributed by atoms with van der Waals surface area (Å²) in [5.74, 6) is 0.770. The van der Waals surface area contributed by atoms with E-state index in [9.17, 15) is 14.7 Å². The second kappa shape index (κ2) is 16.0. The summed E-state index contributed by atoms with van der Waals surface area (Å²) in [6.45, 7) is 4.95. The van der Waals surface area contributed by atoms with Crippen molar-refractivity contribution < 1.29 is 19.4 Å². The van der Waals surface area contributed by atoms with Gasteiger partial charge in [-0.3, -0.25) is 19.2 Å². The lowest BCUT2D eigenvalue weighted by Crippen LogP contribution is -2.52. The third-order valence-electron chi connectivity index (χ3n) is 8.31. The van der Waals surface area contributed by atoms with Crippen LogP contribution in [-0.2, 0) is 11.8 Å². The van der Waals surface area contributed by atoms with Crippen LogP contribution in [0.25, 0.3) is 11.4 Å². The first-order valence-electron chi connectivity index (χ1n) is 16.2. The number of methoxy groups -OCH3 is 1. The lowest BCUT2D eigenvalue weighted by atomic mass is 10.0. The summed E-state index contributed by atoms with van der Waals surface area (Å²) in [6.07, 6.45) is 8.35. The Bertz CT molecular complexity index is 1690. The Labute approximate surface area is 279 Å². The summed E-state index contributed by atoms with van der Waals surface area (Å²) in [5, 5.41) is 31.7. The van der Waals surface area contributed by atoms with E-state index >= 15 is 0 Å². The van der Waals surface area contributed by atoms with Gasteiger partial charge >= 0.3 is 5.97 Å². The number of aromatic nitrogens is 6. The van der Waals surface area contributed by atoms with E-state index in [0.29, 0.717) is 59.7 Å². The van der Waals surface area contributed by atoms with Crippen molar-refractivity contribution >= 4 is 40.6 Å². The minimum Gasteiger partial charge on any atom is -0.494 e. The molecule has 0 spiro atoms. The van der Waals surface area contributed by atoms with E-state index < -0.39 is 17.9 Å². The molecule has 1 saturated heterocycles. The Kier molecular flexibility index (Phi) is 11.3. The predicted molar refractivity (Wildman–Crippen MR) is 183 cm³/mol. The Balaban J connectivity index is 1.27. The van der Waals surface area contributed by atoms with Gasteiger partial charge in [0, 0.05) is 46.3 Å². The first kappa shape index (κ1) is 34.0. The number of hydrogen-bond acceptors (Lipinski definition) is 12. The summed E-state index contributed by atoms with van der Waals surface area (Å²) < 4.78 is 7.34. The molecule has 254 valence electrons. The highest BCUT2D eigenvalue weighted by molar-refractivity contribution is 5.99. The van der Waals surface area contributed by atoms with Crippen molar-refractivity contribution in [1.29, 1.82) is 0 Å². The van der Waals surface area contributed by atoms with Gasteiger partial charge in [-0.05, 0) is 30.7 Å². The summed E-state index contributed by atoms with van der Waals surface area (Å²) in [6, 6.07) is 10.6. The number of hydrogen-bond donors (Lipinski definition) is 4. The summed E-state index contributed by atoms with van der Waals surface area (Å²) in [5.41, 5.74) is 2.71. The zero-order chi connectivity index (χ0) is 34.0. The number of carboxylic acids is 1. The maximum Gasteiger partial charge on any atom is 0.320 e. The van der Waals surface area contributed by atoms with Gasteiger partial charge in [0.15, 0.2) is 23.1 Å². The maximum absolute atomic E-state index is 12.7. The standard InChI is InChI=1S/C33H43N11O4/c1-5-6-7-8-12-26(33(46)47)44-17-15-43(16-18-44)22-13-14-27(35-20-22)38-28-19-25(29(40-39-28)32(45)34-2)37-24-11-9-10-23(30(24)48-4)31-36-21-42(3)41-31/h9-11,13-14,19-21,26H,5-8,12,15-18H2,1-4H3,(H,34,45)(H,46,47)(H2,35,37,38,39). The normalized spacial score (nSPS) is 14.0. The number of aliphatic carboxylic acids is 1. The van der Waals surface area contributed by atoms with Gasteiger partial charge in [0.25, 0.3) is 5.91 Å². The Morgan fingerprint density at radius 2 is 1.79 bits per heavy atom. The van der Waals surface area contributed by atoms with Gasteiger partial charge in [0.2, 0.25) is 0 Å². The van der Waals surface area contributed by atoms with E-state index in [-0.39, 0.29) is 5.69 Å². The van der Waals surface area contributed by atoms with E-state index in [1.54, 1.807) is 37.4 Å². The van der Waals surface area contributed by atoms with Crippen molar-refractivity contribution in [2.24, 2.45) is 7.05 Å². The molecule has 1 aliphatic heterocycles. The molecule has 1 fully saturated rings. The number of piperazine rings is 1. The molecule has 15 heteroatoms. The number of amides is 1. The number of nitrogens with one attached hydrogen (secondary N) is 3. The number of rotatable bonds is 15. The molecule has 1 aromatic carbocycles. The van der Waals surface area contributed by atoms with Crippen LogP contribution in [-0.4, -0.2) is 98.2 Å². The molecule has 1 amide bonds. The van der Waals surface area contributed by atoms with E-state index in [4.69, 9.17) is 4.74 Å². The van der Waals surface area contributed by atoms with Crippen LogP contribution in [0.4, 0.5) is 28.7 Å². The second-order valence-corrected chi connectivity index (χ2v) is 11.6. The Morgan fingerprint density at radius 3 is 2.44 bits per heavy atom. The predicted octanol–water partition coefficient (Wildman–Crippen LogP) is 4.07. The average molecular weight is 658 g/mol. The Morgan fingerprint density at radius 1 is 0.979 bits per heavy atom. The molecule has 3 aromatic heterocycles. The molecule has 0 saturated carbocycles. The smallest absolute Gasteiger partial charge is 0.320 e. The third-order valence-corrected chi connectivity index (χ3v) is 8.31. The minimum absolute atomic E-state index is 0.0972. The summed E-state index contributed by atoms with van der Waals surface area (Å²) in [7, 11) is 4.87. The van der Waals surface area contributed by atoms with Gasteiger partial charge < -0.3 is 30.7 Å². The fourth-order valence-electron chi connectivity index (χ4n) is 5.77. The van der Waals surface area contributed by atoms with Crippen molar-refractivity contribution in [2.45, 2.75) is 45.1 Å². The quantitative estimate of drug-likeness (QED) is 0.135. The number of anilines is 5. The van der Waals surface area contributed by atoms with Crippen LogP contribution in [0.1, 0.15) is 49.5 Å². The van der Waals surface area contributed by atoms with Crippen LogP contribution >= 0.6 is 0 Å². The molecule has 1 atom stereocenters. The molecule has 4 aromatic rings. The number of aryl methyl sites for hydroxylation is 1. The van der Waals surface area contributed by atoms with Crippen molar-refractivity contribution in [2.75, 3.05) is 55.9 Å². The zero-order valence-corrected chi connectivity index (χ0v) is 27.8. The van der Waals surface area contributed by atoms with Crippen LogP contribution in [0.15, 0.2) is 48.9 Å². The monoisotopic (exact) mass is 657 g/mol. The molecule has 5 rings (SSSR count). The van der Waals surface area contributed by atoms with Crippen molar-refractivity contribution in [3.05, 3.63) is 54.6 Å². The van der Waals surface area contributed by atoms with Gasteiger partial charge in [0.05, 0.1) is 35.9 Å². The van der Waals surface area contributed by atoms with Crippen LogP contribution in [0, 0.1) is 0 Å². The molecule has 0 bridgehead atoms. The number of ether oxygens (including phenoxy) is 1. The molecule has 4 heterocycles. The molecule has 0 radical (unpaired) electrons. The molecule has 0 aliphatic carbocycles. The molecular formula is C33H43N11O4. The minimum atomic E-state index is -0.740. The molecule has 15 nitrogen and oxygen atoms in total. The van der Waals surface area contributed by atoms with E-state index in [1.165, 1.54) is 7.05 Å². The number of unbranched alkanes of at least 4 members (excludes halogenated alkanes) is 3. The lowest BCUT2D eigenvalue weighted by Gasteiger charge is -2.38. The lowest BCUT2D eigenvalue weighted by molar-refractivity contribution is -0.143. The van der Waals surface area contributed by atoms with Crippen LogP contribution < -0.4 is 25.6 Å². The number of carbonyl (C=O) groups excluding carboxylic acids is 1. The second-order valence-electron chi connectivity index (χ2n) is 11.6. The first-order chi connectivity index (χ1) is 23.3. The van der Waals surface area contributed by atoms with Crippen molar-refractivity contribution in [3.63, 3.8) is 0 Å². The van der Waals surface area contributed by atoms with Crippen molar-refractivity contribution in [1.82, 2.24) is 40.2 Å². The highest BCUT2D eigenvalue weighted by atomic mass is 16.5. The first-order valence-corrected chi connectivity index (χ1v) is 16.2. The molecule has 4 N–H and O–H groups in total. The number of pyridine rings is 1. The van der Waals surface area contributed by atoms with Crippen molar-refractivity contribution in [3.8, 4) is 17.1 Å². The van der Waals surface area contributed by atoms with E-state index in [1.807, 2.05) is 30.3 Å². The fraction of sp³-hybridized carbons (Fsp3) is 0.424. The van der Waals surface area contributed by atoms with Gasteiger partial charge in [-0.25, -0.2) is 9.97 Å². The number of carboxylic acid groups (broad SMARTS) is 1. The fourth-order valence-corrected chi connectivity index (χ4v) is 5.77. The zero-order valence-electron chi connectivity index (χ0n) is 27.8. The SMILES string of the molecule is CCCCCCC(C(=O)O)N1CCN(c2ccc(Nc3cc(Nc4cccc(-c5ncn(C)n5)c4OC)c(C(=O)NC)nn3)nc2)CC1. The highest BCUT2D eigenvalue weighted by Crippen LogP contribution is 2.37. The topological polar surface area (TPSA) is 176 Å². The van der Waals surface area contributed by atoms with Crippen LogP contribution in [0.3, 0.4) is 0 Å². The number of nitrogens with zero attached hydrogens (tertiary/aromatic N) is 8. The molecule has 1 aliphatic rings. The van der Waals surface area contributed by atoms with Crippen LogP contribution in [0.2, 0.25) is 0 Å². The van der Waals surface area contributed by atoms with E-state index in [0.717, 1.165) is 44.5 Å². The molecule has 1 unspecified atom stereocenters.